The number of fused-ring (bicyclic) bond motifs is 1. The predicted molar refractivity (Wildman–Crippen MR) is 127 cm³/mol. The Bertz CT molecular complexity index is 1220. The Labute approximate surface area is 191 Å². The summed E-state index contributed by atoms with van der Waals surface area (Å²) in [5, 5.41) is 17.4. The molecule has 3 aromatic carbocycles. The number of methoxy groups -OCH3 is 1. The number of phenols is 1. The van der Waals surface area contributed by atoms with Crippen molar-refractivity contribution in [2.75, 3.05) is 17.7 Å². The van der Waals surface area contributed by atoms with Gasteiger partial charge in [0, 0.05) is 17.7 Å². The molecule has 3 aromatic rings. The Morgan fingerprint density at radius 3 is 2.44 bits per heavy atom. The number of ketones is 1. The molecule has 2 aliphatic rings. The summed E-state index contributed by atoms with van der Waals surface area (Å²) in [5.41, 5.74) is 5.31. The first-order valence-corrected chi connectivity index (χ1v) is 10.9. The van der Waals surface area contributed by atoms with Crippen LogP contribution in [0, 0.1) is 0 Å². The highest BCUT2D eigenvalue weighted by Gasteiger charge is 2.36. The lowest BCUT2D eigenvalue weighted by molar-refractivity contribution is -0.116. The third-order valence-electron chi connectivity index (χ3n) is 6.18. The summed E-state index contributed by atoms with van der Waals surface area (Å²) < 4.78 is 5.32. The minimum atomic E-state index is -0.433. The Balaban J connectivity index is 1.65. The lowest BCUT2D eigenvalue weighted by atomic mass is 9.78. The Morgan fingerprint density at radius 2 is 1.69 bits per heavy atom. The summed E-state index contributed by atoms with van der Waals surface area (Å²) in [6.07, 6.45) is 1.16. The second kappa shape index (κ2) is 8.24. The maximum atomic E-state index is 13.6. The molecule has 32 heavy (non-hydrogen) atoms. The number of anilines is 2. The van der Waals surface area contributed by atoms with Crippen LogP contribution < -0.4 is 15.4 Å². The van der Waals surface area contributed by atoms with E-state index in [1.165, 1.54) is 7.11 Å². The van der Waals surface area contributed by atoms with Crippen LogP contribution in [-0.4, -0.2) is 18.0 Å². The smallest absolute Gasteiger partial charge is 0.176 e. The van der Waals surface area contributed by atoms with Crippen molar-refractivity contribution in [2.24, 2.45) is 0 Å². The first-order valence-electron chi connectivity index (χ1n) is 10.6. The molecular weight excluding hydrogens is 424 g/mol. The Morgan fingerprint density at radius 1 is 0.969 bits per heavy atom. The molecule has 2 atom stereocenters. The van der Waals surface area contributed by atoms with E-state index in [2.05, 4.69) is 22.8 Å². The van der Waals surface area contributed by atoms with Crippen molar-refractivity contribution >= 4 is 28.8 Å². The van der Waals surface area contributed by atoms with E-state index in [-0.39, 0.29) is 28.2 Å². The van der Waals surface area contributed by atoms with Crippen molar-refractivity contribution in [2.45, 2.75) is 24.8 Å². The number of hydrogen-bond donors (Lipinski definition) is 3. The van der Waals surface area contributed by atoms with Gasteiger partial charge < -0.3 is 20.5 Å². The number of aromatic hydroxyl groups is 1. The molecule has 0 amide bonds. The van der Waals surface area contributed by atoms with Crippen LogP contribution in [-0.2, 0) is 4.79 Å². The van der Waals surface area contributed by atoms with Crippen molar-refractivity contribution in [3.63, 3.8) is 0 Å². The normalized spacial score (nSPS) is 19.9. The number of rotatable bonds is 3. The molecule has 1 heterocycles. The lowest BCUT2D eigenvalue weighted by Crippen LogP contribution is -2.26. The van der Waals surface area contributed by atoms with Gasteiger partial charge in [-0.1, -0.05) is 54.1 Å². The number of allylic oxidation sites excluding steroid dienone is 1. The average molecular weight is 447 g/mol. The van der Waals surface area contributed by atoms with Gasteiger partial charge in [0.1, 0.15) is 0 Å². The molecule has 0 aromatic heterocycles. The van der Waals surface area contributed by atoms with E-state index in [1.807, 2.05) is 42.5 Å². The quantitative estimate of drug-likeness (QED) is 0.458. The number of ether oxygens (including phenoxy) is 1. The second-order valence-corrected chi connectivity index (χ2v) is 8.54. The Hall–Kier alpha value is -3.44. The van der Waals surface area contributed by atoms with Crippen molar-refractivity contribution in [1.29, 1.82) is 0 Å². The average Bonchev–Trinajstić information content (AvgIpc) is 2.98. The third kappa shape index (κ3) is 3.59. The molecule has 3 N–H and O–H groups in total. The molecule has 0 bridgehead atoms. The van der Waals surface area contributed by atoms with Crippen LogP contribution in [0.4, 0.5) is 11.4 Å². The molecule has 0 unspecified atom stereocenters. The monoisotopic (exact) mass is 446 g/mol. The molecule has 0 spiro atoms. The molecule has 0 radical (unpaired) electrons. The standard InChI is InChI=1S/C26H23ClN2O3/c1-32-23-14-17(11-18(27)26(23)31)25-24-21(28-19-9-5-6-10-20(19)29-25)12-16(13-22(24)30)15-7-3-2-4-8-15/h2-11,14,16,25,28-29,31H,12-13H2,1H3/t16-,25+/m1/s1. The summed E-state index contributed by atoms with van der Waals surface area (Å²) in [5.74, 6) is 0.352. The van der Waals surface area contributed by atoms with E-state index in [4.69, 9.17) is 16.3 Å². The first kappa shape index (κ1) is 20.5. The van der Waals surface area contributed by atoms with E-state index >= 15 is 0 Å². The van der Waals surface area contributed by atoms with Crippen LogP contribution in [0.25, 0.3) is 0 Å². The number of phenolic OH excluding ortho intramolecular Hbond substituents is 1. The van der Waals surface area contributed by atoms with E-state index in [9.17, 15) is 9.90 Å². The van der Waals surface area contributed by atoms with Crippen LogP contribution >= 0.6 is 11.6 Å². The fourth-order valence-electron chi connectivity index (χ4n) is 4.62. The zero-order chi connectivity index (χ0) is 22.2. The fourth-order valence-corrected chi connectivity index (χ4v) is 4.84. The molecule has 0 fully saturated rings. The topological polar surface area (TPSA) is 70.6 Å². The van der Waals surface area contributed by atoms with Gasteiger partial charge in [0.05, 0.1) is 29.5 Å². The molecule has 5 nitrogen and oxygen atoms in total. The minimum absolute atomic E-state index is 0.0843. The number of benzene rings is 3. The van der Waals surface area contributed by atoms with Crippen molar-refractivity contribution in [1.82, 2.24) is 0 Å². The highest BCUT2D eigenvalue weighted by atomic mass is 35.5. The molecule has 1 aliphatic carbocycles. The van der Waals surface area contributed by atoms with Gasteiger partial charge in [-0.3, -0.25) is 4.79 Å². The van der Waals surface area contributed by atoms with E-state index < -0.39 is 6.04 Å². The third-order valence-corrected chi connectivity index (χ3v) is 6.47. The SMILES string of the molecule is COc1cc([C@@H]2Nc3ccccc3NC3=C2C(=O)C[C@H](c2ccccc2)C3)cc(Cl)c1O. The van der Waals surface area contributed by atoms with Crippen molar-refractivity contribution < 1.29 is 14.6 Å². The summed E-state index contributed by atoms with van der Waals surface area (Å²) in [7, 11) is 1.48. The number of halogens is 1. The largest absolute Gasteiger partial charge is 0.503 e. The van der Waals surface area contributed by atoms with Crippen molar-refractivity contribution in [3.05, 3.63) is 94.1 Å². The van der Waals surface area contributed by atoms with E-state index in [1.54, 1.807) is 12.1 Å². The molecule has 6 heteroatoms. The first-order chi connectivity index (χ1) is 15.5. The van der Waals surface area contributed by atoms with Gasteiger partial charge in [0.25, 0.3) is 0 Å². The minimum Gasteiger partial charge on any atom is -0.503 e. The summed E-state index contributed by atoms with van der Waals surface area (Å²) >= 11 is 6.30. The van der Waals surface area contributed by atoms with E-state index in [0.29, 0.717) is 12.0 Å². The molecule has 162 valence electrons. The van der Waals surface area contributed by atoms with Gasteiger partial charge >= 0.3 is 0 Å². The van der Waals surface area contributed by atoms with Gasteiger partial charge in [0.2, 0.25) is 0 Å². The summed E-state index contributed by atoms with van der Waals surface area (Å²) in [6.45, 7) is 0. The van der Waals surface area contributed by atoms with Gasteiger partial charge in [-0.05, 0) is 47.7 Å². The van der Waals surface area contributed by atoms with Crippen LogP contribution in [0.5, 0.6) is 11.5 Å². The fraction of sp³-hybridized carbons (Fsp3) is 0.192. The van der Waals surface area contributed by atoms with Crippen LogP contribution in [0.3, 0.4) is 0 Å². The highest BCUT2D eigenvalue weighted by Crippen LogP contribution is 2.46. The lowest BCUT2D eigenvalue weighted by Gasteiger charge is -2.30. The number of nitrogens with one attached hydrogen (secondary N) is 2. The number of carbonyl (C=O) groups excluding carboxylic acids is 1. The summed E-state index contributed by atoms with van der Waals surface area (Å²) in [4.78, 5) is 13.6. The molecule has 5 rings (SSSR count). The number of hydrogen-bond acceptors (Lipinski definition) is 5. The molecule has 1 aliphatic heterocycles. The van der Waals surface area contributed by atoms with Crippen LogP contribution in [0.15, 0.2) is 78.0 Å². The van der Waals surface area contributed by atoms with Gasteiger partial charge in [0.15, 0.2) is 17.3 Å². The summed E-state index contributed by atoms with van der Waals surface area (Å²) in [6, 6.07) is 21.0. The van der Waals surface area contributed by atoms with Gasteiger partial charge in [-0.25, -0.2) is 0 Å². The maximum absolute atomic E-state index is 13.6. The van der Waals surface area contributed by atoms with Crippen molar-refractivity contribution in [3.8, 4) is 11.5 Å². The highest BCUT2D eigenvalue weighted by molar-refractivity contribution is 6.32. The van der Waals surface area contributed by atoms with Gasteiger partial charge in [-0.15, -0.1) is 0 Å². The zero-order valence-electron chi connectivity index (χ0n) is 17.6. The molecule has 0 saturated heterocycles. The number of para-hydroxylation sites is 2. The van der Waals surface area contributed by atoms with Crippen LogP contribution in [0.1, 0.15) is 35.9 Å². The second-order valence-electron chi connectivity index (χ2n) is 8.13. The molecular formula is C26H23ClN2O3. The Kier molecular flexibility index (Phi) is 5.27. The van der Waals surface area contributed by atoms with E-state index in [0.717, 1.165) is 34.6 Å². The number of carbonyl (C=O) groups is 1. The van der Waals surface area contributed by atoms with Gasteiger partial charge in [-0.2, -0.15) is 0 Å². The zero-order valence-corrected chi connectivity index (χ0v) is 18.3. The molecule has 0 saturated carbocycles. The number of Topliss-reactive ketones (excluding diaryl/α,β-unsaturated/α-hetero) is 1. The maximum Gasteiger partial charge on any atom is 0.176 e. The van der Waals surface area contributed by atoms with Crippen LogP contribution in [0.2, 0.25) is 5.02 Å². The predicted octanol–water partition coefficient (Wildman–Crippen LogP) is 6.03.